The molecule has 1 N–H and O–H groups in total. The normalized spacial score (nSPS) is 16.2. The molecule has 1 aliphatic heterocycles. The van der Waals surface area contributed by atoms with E-state index in [1.807, 2.05) is 0 Å². The Hall–Kier alpha value is -0.800. The van der Waals surface area contributed by atoms with Gasteiger partial charge >= 0.3 is 0 Å². The summed E-state index contributed by atoms with van der Waals surface area (Å²) in [4.78, 5) is 12.2. The van der Waals surface area contributed by atoms with Crippen LogP contribution < -0.4 is 5.32 Å². The van der Waals surface area contributed by atoms with Crippen LogP contribution in [-0.2, 0) is 13.6 Å². The summed E-state index contributed by atoms with van der Waals surface area (Å²) in [5, 5.41) is 3.42. The summed E-state index contributed by atoms with van der Waals surface area (Å²) in [5.74, 6) is 1.00. The number of aromatic nitrogens is 1. The van der Waals surface area contributed by atoms with Gasteiger partial charge in [-0.05, 0) is 45.0 Å². The molecule has 0 atom stereocenters. The van der Waals surface area contributed by atoms with Crippen molar-refractivity contribution in [1.82, 2.24) is 24.6 Å². The molecular weight excluding hydrogens is 451 g/mol. The Morgan fingerprint density at radius 2 is 1.85 bits per heavy atom. The molecule has 0 bridgehead atoms. The lowest BCUT2D eigenvalue weighted by molar-refractivity contribution is 0.136. The highest BCUT2D eigenvalue weighted by Gasteiger charge is 2.14. The van der Waals surface area contributed by atoms with Gasteiger partial charge in [0.1, 0.15) is 0 Å². The van der Waals surface area contributed by atoms with Crippen LogP contribution in [0.3, 0.4) is 0 Å². The maximum Gasteiger partial charge on any atom is 0.194 e. The van der Waals surface area contributed by atoms with Crippen molar-refractivity contribution >= 4 is 29.9 Å². The molecule has 0 spiro atoms. The summed E-state index contributed by atoms with van der Waals surface area (Å²) in [6.45, 7) is 14.3. The fourth-order valence-electron chi connectivity index (χ4n) is 3.41. The molecule has 0 aromatic carbocycles. The fraction of sp³-hybridized carbons (Fsp3) is 0.750. The van der Waals surface area contributed by atoms with Gasteiger partial charge < -0.3 is 24.6 Å². The first-order valence-electron chi connectivity index (χ1n) is 10.2. The Morgan fingerprint density at radius 3 is 2.44 bits per heavy atom. The fourth-order valence-corrected chi connectivity index (χ4v) is 3.41. The van der Waals surface area contributed by atoms with Gasteiger partial charge in [0.15, 0.2) is 5.96 Å². The Kier molecular flexibility index (Phi) is 12.0. The molecule has 1 saturated heterocycles. The van der Waals surface area contributed by atoms with Crippen LogP contribution in [0.4, 0.5) is 0 Å². The Morgan fingerprint density at radius 1 is 1.15 bits per heavy atom. The van der Waals surface area contributed by atoms with E-state index in [1.54, 1.807) is 0 Å². The molecule has 0 amide bonds. The van der Waals surface area contributed by atoms with Crippen molar-refractivity contribution in [2.24, 2.45) is 12.0 Å². The molecular formula is C20H39IN6. The van der Waals surface area contributed by atoms with E-state index in [2.05, 4.69) is 70.9 Å². The zero-order chi connectivity index (χ0) is 18.8. The lowest BCUT2D eigenvalue weighted by Crippen LogP contribution is -2.46. The smallest absolute Gasteiger partial charge is 0.194 e. The van der Waals surface area contributed by atoms with E-state index >= 15 is 0 Å². The van der Waals surface area contributed by atoms with Crippen molar-refractivity contribution in [1.29, 1.82) is 0 Å². The van der Waals surface area contributed by atoms with Gasteiger partial charge in [0.05, 0.1) is 6.54 Å². The highest BCUT2D eigenvalue weighted by molar-refractivity contribution is 14.0. The molecule has 27 heavy (non-hydrogen) atoms. The number of hydrogen-bond donors (Lipinski definition) is 1. The van der Waals surface area contributed by atoms with Crippen LogP contribution in [0.15, 0.2) is 23.3 Å². The van der Waals surface area contributed by atoms with Gasteiger partial charge in [-0.1, -0.05) is 6.92 Å². The zero-order valence-electron chi connectivity index (χ0n) is 17.7. The molecule has 0 aliphatic carbocycles. The average Bonchev–Trinajstić information content (AvgIpc) is 3.05. The number of rotatable bonds is 9. The number of nitrogens with zero attached hydrogens (tertiary/aromatic N) is 5. The first kappa shape index (κ1) is 24.2. The van der Waals surface area contributed by atoms with Gasteiger partial charge in [0, 0.05) is 65.3 Å². The van der Waals surface area contributed by atoms with Crippen LogP contribution in [0.5, 0.6) is 0 Å². The topological polar surface area (TPSA) is 39.0 Å². The van der Waals surface area contributed by atoms with Gasteiger partial charge in [0.2, 0.25) is 0 Å². The van der Waals surface area contributed by atoms with Gasteiger partial charge in [-0.2, -0.15) is 0 Å². The second-order valence-corrected chi connectivity index (χ2v) is 7.19. The van der Waals surface area contributed by atoms with Crippen molar-refractivity contribution in [3.05, 3.63) is 24.0 Å². The summed E-state index contributed by atoms with van der Waals surface area (Å²) in [5.41, 5.74) is 1.30. The van der Waals surface area contributed by atoms with E-state index in [0.29, 0.717) is 0 Å². The van der Waals surface area contributed by atoms with Gasteiger partial charge in [-0.25, -0.2) is 0 Å². The summed E-state index contributed by atoms with van der Waals surface area (Å²) in [6.07, 6.45) is 4.48. The van der Waals surface area contributed by atoms with Crippen LogP contribution in [0.2, 0.25) is 0 Å². The second kappa shape index (κ2) is 13.4. The minimum atomic E-state index is 0. The standard InChI is InChI=1S/C20H38N6.HI/c1-5-21-20(24(4)18-19-10-9-12-23(19)3)22-11-7-8-13-26-16-14-25(6-2)15-17-26;/h9-10,12H,5-8,11,13-18H2,1-4H3,(H,21,22);1H. The molecule has 6 nitrogen and oxygen atoms in total. The molecule has 0 saturated carbocycles. The van der Waals surface area contributed by atoms with Crippen LogP contribution in [0.25, 0.3) is 0 Å². The van der Waals surface area contributed by atoms with Gasteiger partial charge in [-0.3, -0.25) is 4.99 Å². The van der Waals surface area contributed by atoms with Crippen molar-refractivity contribution in [3.63, 3.8) is 0 Å². The number of guanidine groups is 1. The predicted molar refractivity (Wildman–Crippen MR) is 126 cm³/mol. The first-order chi connectivity index (χ1) is 12.6. The Labute approximate surface area is 183 Å². The number of likely N-dealkylation sites (N-methyl/N-ethyl adjacent to an activating group) is 1. The number of nitrogens with one attached hydrogen (secondary N) is 1. The highest BCUT2D eigenvalue weighted by atomic mass is 127. The molecule has 1 aliphatic rings. The number of piperazine rings is 1. The Balaban J connectivity index is 0.00000364. The number of hydrogen-bond acceptors (Lipinski definition) is 3. The van der Waals surface area contributed by atoms with E-state index in [9.17, 15) is 0 Å². The molecule has 0 radical (unpaired) electrons. The van der Waals surface area contributed by atoms with Crippen LogP contribution in [0.1, 0.15) is 32.4 Å². The molecule has 2 rings (SSSR count). The lowest BCUT2D eigenvalue weighted by Gasteiger charge is -2.33. The van der Waals surface area contributed by atoms with Crippen molar-refractivity contribution in [2.45, 2.75) is 33.2 Å². The molecule has 1 aromatic heterocycles. The summed E-state index contributed by atoms with van der Waals surface area (Å²) < 4.78 is 2.17. The van der Waals surface area contributed by atoms with Crippen LogP contribution >= 0.6 is 24.0 Å². The minimum absolute atomic E-state index is 0. The van der Waals surface area contributed by atoms with E-state index in [0.717, 1.165) is 32.0 Å². The van der Waals surface area contributed by atoms with Crippen LogP contribution in [0, 0.1) is 0 Å². The molecule has 1 aromatic rings. The second-order valence-electron chi connectivity index (χ2n) is 7.19. The number of halogens is 1. The minimum Gasteiger partial charge on any atom is -0.357 e. The lowest BCUT2D eigenvalue weighted by atomic mass is 10.2. The average molecular weight is 490 g/mol. The quantitative estimate of drug-likeness (QED) is 0.250. The maximum atomic E-state index is 4.83. The monoisotopic (exact) mass is 490 g/mol. The molecule has 0 unspecified atom stereocenters. The van der Waals surface area contributed by atoms with Gasteiger partial charge in [0.25, 0.3) is 0 Å². The SMILES string of the molecule is CCNC(=NCCCCN1CCN(CC)CC1)N(C)Cc1cccn1C.I. The van der Waals surface area contributed by atoms with E-state index in [1.165, 1.54) is 51.4 Å². The summed E-state index contributed by atoms with van der Waals surface area (Å²) >= 11 is 0. The Bertz CT molecular complexity index is 536. The van der Waals surface area contributed by atoms with E-state index in [-0.39, 0.29) is 24.0 Å². The van der Waals surface area contributed by atoms with Crippen LogP contribution in [-0.4, -0.2) is 84.6 Å². The van der Waals surface area contributed by atoms with E-state index in [4.69, 9.17) is 4.99 Å². The first-order valence-corrected chi connectivity index (χ1v) is 10.2. The summed E-state index contributed by atoms with van der Waals surface area (Å²) in [6, 6.07) is 4.26. The van der Waals surface area contributed by atoms with Gasteiger partial charge in [-0.15, -0.1) is 24.0 Å². The van der Waals surface area contributed by atoms with Crippen molar-refractivity contribution < 1.29 is 0 Å². The molecule has 1 fully saturated rings. The molecule has 156 valence electrons. The third kappa shape index (κ3) is 8.39. The van der Waals surface area contributed by atoms with E-state index < -0.39 is 0 Å². The molecule has 7 heteroatoms. The summed E-state index contributed by atoms with van der Waals surface area (Å²) in [7, 11) is 4.20. The highest BCUT2D eigenvalue weighted by Crippen LogP contribution is 2.05. The van der Waals surface area contributed by atoms with Crippen molar-refractivity contribution in [2.75, 3.05) is 59.4 Å². The van der Waals surface area contributed by atoms with Crippen molar-refractivity contribution in [3.8, 4) is 0 Å². The third-order valence-electron chi connectivity index (χ3n) is 5.20. The molecule has 2 heterocycles. The largest absolute Gasteiger partial charge is 0.357 e. The zero-order valence-corrected chi connectivity index (χ0v) is 20.0. The number of aliphatic imine (C=N–C) groups is 1. The number of aryl methyl sites for hydroxylation is 1. The maximum absolute atomic E-state index is 4.83. The number of unbranched alkanes of at least 4 members (excludes halogenated alkanes) is 1. The third-order valence-corrected chi connectivity index (χ3v) is 5.20. The predicted octanol–water partition coefficient (Wildman–Crippen LogP) is 2.46.